The highest BCUT2D eigenvalue weighted by atomic mass is 16.3. The van der Waals surface area contributed by atoms with Crippen LogP contribution >= 0.6 is 0 Å². The summed E-state index contributed by atoms with van der Waals surface area (Å²) in [4.78, 5) is 0. The molecule has 2 rings (SSSR count). The average molecular weight is 165 g/mol. The van der Waals surface area contributed by atoms with E-state index in [2.05, 4.69) is 11.8 Å². The Kier molecular flexibility index (Phi) is 3.26. The first-order valence-corrected chi connectivity index (χ1v) is 4.21. The molecule has 0 saturated heterocycles. The number of aliphatic hydroxyl groups is 1. The van der Waals surface area contributed by atoms with Gasteiger partial charge >= 0.3 is 0 Å². The van der Waals surface area contributed by atoms with Crippen LogP contribution in [0.5, 0.6) is 0 Å². The smallest absolute Gasteiger partial charge is 0.0795 e. The lowest BCUT2D eigenvalue weighted by atomic mass is 10.1. The van der Waals surface area contributed by atoms with Gasteiger partial charge in [0.15, 0.2) is 0 Å². The van der Waals surface area contributed by atoms with Gasteiger partial charge in [0.05, 0.1) is 6.10 Å². The van der Waals surface area contributed by atoms with Gasteiger partial charge in [-0.1, -0.05) is 24.3 Å². The van der Waals surface area contributed by atoms with Crippen LogP contribution in [0.3, 0.4) is 0 Å². The molecular weight excluding hydrogens is 150 g/mol. The van der Waals surface area contributed by atoms with Crippen LogP contribution in [0.4, 0.5) is 0 Å². The van der Waals surface area contributed by atoms with Gasteiger partial charge in [-0.2, -0.15) is 0 Å². The molecule has 0 fully saturated rings. The number of hydrogen-bond donors (Lipinski definition) is 2. The molecule has 0 aliphatic heterocycles. The maximum atomic E-state index is 9.38. The first-order chi connectivity index (χ1) is 5.88. The second kappa shape index (κ2) is 4.24. The monoisotopic (exact) mass is 165 g/mol. The largest absolute Gasteiger partial charge is 0.388 e. The van der Waals surface area contributed by atoms with Gasteiger partial charge in [-0.05, 0) is 31.0 Å². The molecule has 1 aromatic carbocycles. The quantitative estimate of drug-likeness (QED) is 0.607. The molecule has 0 spiro atoms. The van der Waals surface area contributed by atoms with Crippen molar-refractivity contribution < 1.29 is 5.11 Å². The van der Waals surface area contributed by atoms with E-state index in [1.165, 1.54) is 12.6 Å². The maximum Gasteiger partial charge on any atom is 0.0795 e. The minimum Gasteiger partial charge on any atom is -0.388 e. The van der Waals surface area contributed by atoms with Crippen LogP contribution in [0.2, 0.25) is 0 Å². The Morgan fingerprint density at radius 1 is 1.33 bits per heavy atom. The third kappa shape index (κ3) is 1.65. The summed E-state index contributed by atoms with van der Waals surface area (Å²) in [5.41, 5.74) is 6.94. The van der Waals surface area contributed by atoms with Crippen LogP contribution in [-0.4, -0.2) is 12.2 Å². The van der Waals surface area contributed by atoms with Crippen LogP contribution in [0, 0.1) is 0 Å². The Bertz CT molecular complexity index is 247. The molecule has 0 saturated carbocycles. The zero-order valence-electron chi connectivity index (χ0n) is 7.33. The van der Waals surface area contributed by atoms with Gasteiger partial charge in [0, 0.05) is 0 Å². The van der Waals surface area contributed by atoms with Crippen molar-refractivity contribution in [2.24, 2.45) is 5.73 Å². The fraction of sp³-hybridized carbons (Fsp3) is 0.400. The van der Waals surface area contributed by atoms with Crippen LogP contribution in [0.1, 0.15) is 23.7 Å². The van der Waals surface area contributed by atoms with Gasteiger partial charge in [0.25, 0.3) is 0 Å². The van der Waals surface area contributed by atoms with E-state index in [9.17, 15) is 5.11 Å². The number of aryl methyl sites for hydroxylation is 1. The molecular formula is C10H15NO. The predicted octanol–water partition coefficient (Wildman–Crippen LogP) is 1.24. The molecule has 66 valence electrons. The summed E-state index contributed by atoms with van der Waals surface area (Å²) in [7, 11) is 1.50. The standard InChI is InChI=1S/C9H10O.CH5N/c10-9-6-5-7-3-1-2-4-8(7)9;1-2/h1-4,9-10H,5-6H2;2H2,1H3/t9-;/m1./s1. The van der Waals surface area contributed by atoms with Crippen molar-refractivity contribution in [3.8, 4) is 0 Å². The molecule has 0 heterocycles. The van der Waals surface area contributed by atoms with Crippen LogP contribution in [0.15, 0.2) is 24.3 Å². The van der Waals surface area contributed by atoms with E-state index in [1.807, 2.05) is 18.2 Å². The molecule has 1 aliphatic rings. The second-order valence-electron chi connectivity index (χ2n) is 2.75. The van der Waals surface area contributed by atoms with E-state index in [1.54, 1.807) is 0 Å². The summed E-state index contributed by atoms with van der Waals surface area (Å²) >= 11 is 0. The Morgan fingerprint density at radius 2 is 2.00 bits per heavy atom. The fourth-order valence-corrected chi connectivity index (χ4v) is 1.53. The van der Waals surface area contributed by atoms with Crippen molar-refractivity contribution in [1.29, 1.82) is 0 Å². The Labute approximate surface area is 73.0 Å². The molecule has 0 aromatic heterocycles. The lowest BCUT2D eigenvalue weighted by molar-refractivity contribution is 0.180. The highest BCUT2D eigenvalue weighted by molar-refractivity contribution is 5.32. The van der Waals surface area contributed by atoms with E-state index < -0.39 is 0 Å². The highest BCUT2D eigenvalue weighted by Gasteiger charge is 2.18. The number of benzene rings is 1. The van der Waals surface area contributed by atoms with Gasteiger partial charge in [-0.25, -0.2) is 0 Å². The van der Waals surface area contributed by atoms with Gasteiger partial charge in [0.1, 0.15) is 0 Å². The average Bonchev–Trinajstić information content (AvgIpc) is 2.53. The third-order valence-electron chi connectivity index (χ3n) is 2.10. The Balaban J connectivity index is 0.000000336. The third-order valence-corrected chi connectivity index (χ3v) is 2.10. The van der Waals surface area contributed by atoms with E-state index >= 15 is 0 Å². The SMILES string of the molecule is CN.O[C@@H]1CCc2ccccc21. The Morgan fingerprint density at radius 3 is 2.67 bits per heavy atom. The normalized spacial score (nSPS) is 19.4. The lowest BCUT2D eigenvalue weighted by Crippen LogP contribution is -1.88. The molecule has 0 amide bonds. The van der Waals surface area contributed by atoms with Crippen molar-refractivity contribution in [1.82, 2.24) is 0 Å². The van der Waals surface area contributed by atoms with Crippen molar-refractivity contribution in [2.45, 2.75) is 18.9 Å². The first-order valence-electron chi connectivity index (χ1n) is 4.21. The Hall–Kier alpha value is -0.860. The number of fused-ring (bicyclic) bond motifs is 1. The van der Waals surface area contributed by atoms with Crippen molar-refractivity contribution in [3.05, 3.63) is 35.4 Å². The van der Waals surface area contributed by atoms with E-state index in [0.717, 1.165) is 18.4 Å². The van der Waals surface area contributed by atoms with Crippen molar-refractivity contribution in [2.75, 3.05) is 7.05 Å². The molecule has 0 unspecified atom stereocenters. The summed E-state index contributed by atoms with van der Waals surface area (Å²) in [6, 6.07) is 8.10. The molecule has 12 heavy (non-hydrogen) atoms. The molecule has 3 N–H and O–H groups in total. The summed E-state index contributed by atoms with van der Waals surface area (Å²) in [6.07, 6.45) is 1.74. The molecule has 2 heteroatoms. The zero-order chi connectivity index (χ0) is 8.97. The van der Waals surface area contributed by atoms with Crippen molar-refractivity contribution in [3.63, 3.8) is 0 Å². The molecule has 1 aromatic rings. The van der Waals surface area contributed by atoms with Crippen LogP contribution in [-0.2, 0) is 6.42 Å². The van der Waals surface area contributed by atoms with E-state index in [4.69, 9.17) is 0 Å². The van der Waals surface area contributed by atoms with Gasteiger partial charge in [0.2, 0.25) is 0 Å². The van der Waals surface area contributed by atoms with Gasteiger partial charge in [-0.15, -0.1) is 0 Å². The summed E-state index contributed by atoms with van der Waals surface area (Å²) < 4.78 is 0. The molecule has 2 nitrogen and oxygen atoms in total. The van der Waals surface area contributed by atoms with Gasteiger partial charge < -0.3 is 10.8 Å². The molecule has 0 radical (unpaired) electrons. The number of hydrogen-bond acceptors (Lipinski definition) is 2. The lowest BCUT2D eigenvalue weighted by Gasteiger charge is -2.00. The summed E-state index contributed by atoms with van der Waals surface area (Å²) in [5, 5.41) is 9.38. The number of nitrogens with two attached hydrogens (primary N) is 1. The fourth-order valence-electron chi connectivity index (χ4n) is 1.53. The minimum absolute atomic E-state index is 0.198. The predicted molar refractivity (Wildman–Crippen MR) is 49.8 cm³/mol. The molecule has 0 bridgehead atoms. The van der Waals surface area contributed by atoms with E-state index in [0.29, 0.717) is 0 Å². The summed E-state index contributed by atoms with van der Waals surface area (Å²) in [5.74, 6) is 0. The maximum absolute atomic E-state index is 9.38. The van der Waals surface area contributed by atoms with Crippen LogP contribution < -0.4 is 5.73 Å². The topological polar surface area (TPSA) is 46.2 Å². The minimum atomic E-state index is -0.198. The van der Waals surface area contributed by atoms with Gasteiger partial charge in [-0.3, -0.25) is 0 Å². The molecule has 1 atom stereocenters. The first kappa shape index (κ1) is 9.23. The summed E-state index contributed by atoms with van der Waals surface area (Å²) in [6.45, 7) is 0. The number of aliphatic hydroxyl groups excluding tert-OH is 1. The second-order valence-corrected chi connectivity index (χ2v) is 2.75. The van der Waals surface area contributed by atoms with Crippen LogP contribution in [0.25, 0.3) is 0 Å². The highest BCUT2D eigenvalue weighted by Crippen LogP contribution is 2.29. The number of rotatable bonds is 0. The van der Waals surface area contributed by atoms with Crippen molar-refractivity contribution >= 4 is 0 Å². The molecule has 1 aliphatic carbocycles. The zero-order valence-corrected chi connectivity index (χ0v) is 7.33. The van der Waals surface area contributed by atoms with E-state index in [-0.39, 0.29) is 6.10 Å².